The second kappa shape index (κ2) is 15.4. The van der Waals surface area contributed by atoms with Gasteiger partial charge in [-0.15, -0.1) is 11.3 Å². The first-order chi connectivity index (χ1) is 31.5. The zero-order valence-electron chi connectivity index (χ0n) is 35.3. The number of thiophene rings is 1. The summed E-state index contributed by atoms with van der Waals surface area (Å²) in [6, 6.07) is 74.2. The van der Waals surface area contributed by atoms with Crippen molar-refractivity contribution in [1.82, 2.24) is 19.5 Å². The normalized spacial score (nSPS) is 11.6. The Kier molecular flexibility index (Phi) is 9.09. The van der Waals surface area contributed by atoms with Gasteiger partial charge in [0.1, 0.15) is 0 Å². The van der Waals surface area contributed by atoms with E-state index >= 15 is 0 Å². The molecule has 0 saturated carbocycles. The number of nitrogens with zero attached hydrogens (tertiary/aromatic N) is 4. The van der Waals surface area contributed by atoms with Gasteiger partial charge in [-0.2, -0.15) is 0 Å². The molecule has 0 amide bonds. The van der Waals surface area contributed by atoms with E-state index < -0.39 is 0 Å². The highest BCUT2D eigenvalue weighted by molar-refractivity contribution is 7.25. The molecule has 0 aliphatic rings. The standard InChI is InChI=1S/C59H40N4S/c1-37-17-21-39(22-18-37)45-25-29-47-48-30-26-46(40-23-19-38(2)20-24-40)36-54(48)63(53(47)35-45)52-31-27-43(44-28-32-56-50(33-44)49-15-9-10-16-55(49)64-56)34-51(52)59-61-57(41-11-5-3-6-12-41)60-58(62-59)42-13-7-4-8-14-42/h3-36H,1-2H3. The lowest BCUT2D eigenvalue weighted by Gasteiger charge is -2.17. The molecule has 0 spiro atoms. The molecule has 0 radical (unpaired) electrons. The third-order valence-electron chi connectivity index (χ3n) is 12.4. The van der Waals surface area contributed by atoms with Gasteiger partial charge < -0.3 is 4.57 Å². The van der Waals surface area contributed by atoms with Crippen molar-refractivity contribution >= 4 is 53.3 Å². The van der Waals surface area contributed by atoms with Gasteiger partial charge in [-0.05, 0) is 89.7 Å². The quantitative estimate of drug-likeness (QED) is 0.161. The van der Waals surface area contributed by atoms with Crippen LogP contribution in [-0.4, -0.2) is 19.5 Å². The molecule has 0 atom stereocenters. The largest absolute Gasteiger partial charge is 0.308 e. The van der Waals surface area contributed by atoms with Crippen LogP contribution in [0.3, 0.4) is 0 Å². The van der Waals surface area contributed by atoms with Gasteiger partial charge in [-0.1, -0.05) is 175 Å². The van der Waals surface area contributed by atoms with Gasteiger partial charge in [0.25, 0.3) is 0 Å². The Balaban J connectivity index is 1.17. The molecule has 4 nitrogen and oxygen atoms in total. The highest BCUT2D eigenvalue weighted by Crippen LogP contribution is 2.42. The molecule has 0 unspecified atom stereocenters. The van der Waals surface area contributed by atoms with E-state index in [1.54, 1.807) is 0 Å². The van der Waals surface area contributed by atoms with E-state index in [1.165, 1.54) is 53.2 Å². The molecule has 12 aromatic rings. The van der Waals surface area contributed by atoms with E-state index in [9.17, 15) is 0 Å². The maximum Gasteiger partial charge on any atom is 0.166 e. The van der Waals surface area contributed by atoms with Crippen LogP contribution in [0.4, 0.5) is 0 Å². The summed E-state index contributed by atoms with van der Waals surface area (Å²) in [5.41, 5.74) is 15.3. The second-order valence-corrected chi connectivity index (χ2v) is 17.7. The van der Waals surface area contributed by atoms with E-state index in [4.69, 9.17) is 15.0 Å². The average molecular weight is 837 g/mol. The minimum absolute atomic E-state index is 0.603. The lowest BCUT2D eigenvalue weighted by molar-refractivity contribution is 1.06. The topological polar surface area (TPSA) is 43.6 Å². The Morgan fingerprint density at radius 3 is 1.38 bits per heavy atom. The van der Waals surface area contributed by atoms with E-state index in [1.807, 2.05) is 47.7 Å². The molecule has 0 saturated heterocycles. The van der Waals surface area contributed by atoms with Gasteiger partial charge in [-0.3, -0.25) is 0 Å². The molecule has 0 bridgehead atoms. The fourth-order valence-electron chi connectivity index (χ4n) is 9.05. The number of benzene rings is 9. The molecule has 0 fully saturated rings. The Labute approximate surface area is 375 Å². The van der Waals surface area contributed by atoms with Gasteiger partial charge in [0.15, 0.2) is 17.5 Å². The first kappa shape index (κ1) is 37.7. The summed E-state index contributed by atoms with van der Waals surface area (Å²) in [7, 11) is 0. The third-order valence-corrected chi connectivity index (χ3v) is 13.6. The highest BCUT2D eigenvalue weighted by atomic mass is 32.1. The molecular formula is C59H40N4S. The third kappa shape index (κ3) is 6.66. The number of hydrogen-bond donors (Lipinski definition) is 0. The van der Waals surface area contributed by atoms with Gasteiger partial charge in [0.05, 0.1) is 16.7 Å². The van der Waals surface area contributed by atoms with Crippen LogP contribution in [0.2, 0.25) is 0 Å². The Morgan fingerprint density at radius 1 is 0.328 bits per heavy atom. The zero-order valence-corrected chi connectivity index (χ0v) is 36.1. The second-order valence-electron chi connectivity index (χ2n) is 16.6. The van der Waals surface area contributed by atoms with Crippen molar-refractivity contribution in [2.75, 3.05) is 0 Å². The summed E-state index contributed by atoms with van der Waals surface area (Å²) < 4.78 is 5.00. The van der Waals surface area contributed by atoms with Crippen LogP contribution in [0.1, 0.15) is 11.1 Å². The molecule has 0 aliphatic carbocycles. The first-order valence-corrected chi connectivity index (χ1v) is 22.5. The highest BCUT2D eigenvalue weighted by Gasteiger charge is 2.22. The summed E-state index contributed by atoms with van der Waals surface area (Å²) in [6.45, 7) is 4.27. The van der Waals surface area contributed by atoms with Gasteiger partial charge in [-0.25, -0.2) is 15.0 Å². The van der Waals surface area contributed by atoms with E-state index in [0.717, 1.165) is 55.7 Å². The SMILES string of the molecule is Cc1ccc(-c2ccc3c4ccc(-c5ccc(C)cc5)cc4n(-c4ccc(-c5ccc6sc7ccccc7c6c5)cc4-c4nc(-c5ccccc5)nc(-c5ccccc5)n4)c3c2)cc1. The molecule has 3 heterocycles. The van der Waals surface area contributed by atoms with Crippen LogP contribution < -0.4 is 0 Å². The van der Waals surface area contributed by atoms with Gasteiger partial charge >= 0.3 is 0 Å². The molecule has 302 valence electrons. The molecule has 0 aliphatic heterocycles. The van der Waals surface area contributed by atoms with Crippen LogP contribution in [0.25, 0.3) is 115 Å². The Hall–Kier alpha value is -7.99. The average Bonchev–Trinajstić information content (AvgIpc) is 3.89. The van der Waals surface area contributed by atoms with Crippen molar-refractivity contribution in [3.8, 4) is 73.2 Å². The predicted octanol–water partition coefficient (Wildman–Crippen LogP) is 16.0. The minimum atomic E-state index is 0.603. The minimum Gasteiger partial charge on any atom is -0.308 e. The summed E-state index contributed by atoms with van der Waals surface area (Å²) in [4.78, 5) is 15.8. The lowest BCUT2D eigenvalue weighted by Crippen LogP contribution is -2.04. The molecule has 64 heavy (non-hydrogen) atoms. The van der Waals surface area contributed by atoms with E-state index in [2.05, 4.69) is 188 Å². The molecule has 0 N–H and O–H groups in total. The van der Waals surface area contributed by atoms with Crippen molar-refractivity contribution in [3.63, 3.8) is 0 Å². The van der Waals surface area contributed by atoms with Crippen LogP contribution in [-0.2, 0) is 0 Å². The van der Waals surface area contributed by atoms with Crippen molar-refractivity contribution in [3.05, 3.63) is 217 Å². The van der Waals surface area contributed by atoms with Gasteiger partial charge in [0.2, 0.25) is 0 Å². The number of hydrogen-bond acceptors (Lipinski definition) is 4. The van der Waals surface area contributed by atoms with Crippen LogP contribution in [0.15, 0.2) is 206 Å². The van der Waals surface area contributed by atoms with Crippen molar-refractivity contribution < 1.29 is 0 Å². The lowest BCUT2D eigenvalue weighted by atomic mass is 9.99. The summed E-state index contributed by atoms with van der Waals surface area (Å²) >= 11 is 1.84. The number of fused-ring (bicyclic) bond motifs is 6. The fourth-order valence-corrected chi connectivity index (χ4v) is 10.1. The van der Waals surface area contributed by atoms with Crippen molar-refractivity contribution in [2.24, 2.45) is 0 Å². The number of aromatic nitrogens is 4. The predicted molar refractivity (Wildman–Crippen MR) is 269 cm³/mol. The maximum atomic E-state index is 5.36. The molecule has 3 aromatic heterocycles. The first-order valence-electron chi connectivity index (χ1n) is 21.7. The zero-order chi connectivity index (χ0) is 42.7. The van der Waals surface area contributed by atoms with E-state index in [-0.39, 0.29) is 0 Å². The number of rotatable bonds is 7. The van der Waals surface area contributed by atoms with Crippen molar-refractivity contribution in [2.45, 2.75) is 13.8 Å². The van der Waals surface area contributed by atoms with Crippen LogP contribution in [0.5, 0.6) is 0 Å². The molecular weight excluding hydrogens is 797 g/mol. The molecule has 9 aromatic carbocycles. The smallest absolute Gasteiger partial charge is 0.166 e. The maximum absolute atomic E-state index is 5.36. The molecule has 5 heteroatoms. The van der Waals surface area contributed by atoms with Crippen LogP contribution in [0, 0.1) is 13.8 Å². The Morgan fingerprint density at radius 2 is 0.781 bits per heavy atom. The monoisotopic (exact) mass is 836 g/mol. The number of aryl methyl sites for hydroxylation is 2. The fraction of sp³-hybridized carbons (Fsp3) is 0.0339. The van der Waals surface area contributed by atoms with E-state index in [0.29, 0.717) is 17.5 Å². The van der Waals surface area contributed by atoms with Crippen LogP contribution >= 0.6 is 11.3 Å². The summed E-state index contributed by atoms with van der Waals surface area (Å²) in [5.74, 6) is 1.85. The van der Waals surface area contributed by atoms with Crippen molar-refractivity contribution in [1.29, 1.82) is 0 Å². The molecule has 12 rings (SSSR count). The Bertz CT molecular complexity index is 3560. The summed E-state index contributed by atoms with van der Waals surface area (Å²) in [6.07, 6.45) is 0. The van der Waals surface area contributed by atoms with Gasteiger partial charge in [0, 0.05) is 47.6 Å². The summed E-state index contributed by atoms with van der Waals surface area (Å²) in [5, 5.41) is 4.89.